The minimum absolute atomic E-state index is 0.0255. The van der Waals surface area contributed by atoms with Gasteiger partial charge in [0.1, 0.15) is 5.75 Å². The molecule has 3 aromatic rings. The zero-order valence-corrected chi connectivity index (χ0v) is 22.0. The minimum Gasteiger partial charge on any atom is -0.494 e. The van der Waals surface area contributed by atoms with Crippen LogP contribution < -0.4 is 9.15 Å². The van der Waals surface area contributed by atoms with Gasteiger partial charge in [-0.15, -0.1) is 0 Å². The number of nitrogens with zero attached hydrogens (tertiary/aromatic N) is 3. The van der Waals surface area contributed by atoms with Crippen LogP contribution >= 0.6 is 11.6 Å². The molecule has 0 radical (unpaired) electrons. The molecule has 1 fully saturated rings. The molecule has 4 rings (SSSR count). The summed E-state index contributed by atoms with van der Waals surface area (Å²) in [6.07, 6.45) is -0.543. The van der Waals surface area contributed by atoms with Crippen LogP contribution in [0.4, 0.5) is 19.0 Å². The van der Waals surface area contributed by atoms with E-state index in [0.29, 0.717) is 56.1 Å². The maximum absolute atomic E-state index is 13.5. The van der Waals surface area contributed by atoms with Crippen molar-refractivity contribution in [3.63, 3.8) is 0 Å². The highest BCUT2D eigenvalue weighted by Crippen LogP contribution is 2.37. The molecule has 2 aromatic heterocycles. The van der Waals surface area contributed by atoms with Crippen molar-refractivity contribution < 1.29 is 31.1 Å². The van der Waals surface area contributed by atoms with E-state index in [-0.39, 0.29) is 22.5 Å². The third-order valence-corrected chi connectivity index (χ3v) is 8.16. The lowest BCUT2D eigenvalue weighted by atomic mass is 10.0. The average molecular weight is 571 g/mol. The van der Waals surface area contributed by atoms with E-state index in [1.807, 2.05) is 0 Å². The molecule has 204 valence electrons. The number of pyridine rings is 1. The van der Waals surface area contributed by atoms with Crippen LogP contribution in [-0.4, -0.2) is 48.9 Å². The third kappa shape index (κ3) is 6.30. The molecule has 1 atom stereocenters. The Labute approximate surface area is 223 Å². The molecule has 1 saturated heterocycles. The fourth-order valence-corrected chi connectivity index (χ4v) is 6.03. The van der Waals surface area contributed by atoms with Crippen molar-refractivity contribution in [3.8, 4) is 5.75 Å². The second kappa shape index (κ2) is 11.3. The van der Waals surface area contributed by atoms with Crippen LogP contribution in [0.2, 0.25) is 5.02 Å². The van der Waals surface area contributed by atoms with Crippen LogP contribution in [0.3, 0.4) is 0 Å². The number of carbonyl (C=O) groups excluding carboxylic acids is 1. The molecule has 1 N–H and O–H groups in total. The Morgan fingerprint density at radius 2 is 2.00 bits per heavy atom. The number of Topliss-reactive ketones (excluding diaryl/α,β-unsaturated/α-hetero) is 1. The zero-order chi connectivity index (χ0) is 27.5. The molecule has 1 aliphatic heterocycles. The van der Waals surface area contributed by atoms with E-state index in [4.69, 9.17) is 16.3 Å². The van der Waals surface area contributed by atoms with Crippen molar-refractivity contribution in [2.75, 3.05) is 24.1 Å². The van der Waals surface area contributed by atoms with Gasteiger partial charge in [0.25, 0.3) is 10.0 Å². The normalized spacial score (nSPS) is 16.5. The van der Waals surface area contributed by atoms with E-state index in [1.165, 1.54) is 25.3 Å². The fraction of sp³-hybridized carbons (Fsp3) is 0.360. The van der Waals surface area contributed by atoms with Crippen molar-refractivity contribution in [2.45, 2.75) is 37.4 Å². The van der Waals surface area contributed by atoms with Crippen molar-refractivity contribution in [2.24, 2.45) is 5.92 Å². The Balaban J connectivity index is 1.45. The topological polar surface area (TPSA) is 95.6 Å². The maximum Gasteiger partial charge on any atom is 0.417 e. The Morgan fingerprint density at radius 1 is 1.26 bits per heavy atom. The summed E-state index contributed by atoms with van der Waals surface area (Å²) in [4.78, 5) is 17.8. The lowest BCUT2D eigenvalue weighted by Crippen LogP contribution is -2.46. The Bertz CT molecular complexity index is 1370. The standard InChI is InChI=1S/C25H26ClF3N4O4S/c1-17(34)19-6-8-21(9-7-19)37-13-3-4-18-10-12-32(16-18)33(38(35,36)23-5-2-11-30-23)24-22(26)14-20(15-31-24)25(27,28)29/h2,5-9,11,14-15,18,30H,3-4,10,12-13,16H2,1H3/t18-/m1/s1. The van der Waals surface area contributed by atoms with Gasteiger partial charge in [-0.05, 0) is 74.6 Å². The number of alkyl halides is 3. The van der Waals surface area contributed by atoms with Gasteiger partial charge >= 0.3 is 6.18 Å². The molecule has 8 nitrogen and oxygen atoms in total. The number of anilines is 1. The number of benzene rings is 1. The number of sulfonamides is 1. The monoisotopic (exact) mass is 570 g/mol. The molecule has 0 unspecified atom stereocenters. The number of hydrogen-bond donors (Lipinski definition) is 1. The predicted octanol–water partition coefficient (Wildman–Crippen LogP) is 5.58. The first kappa shape index (κ1) is 27.9. The van der Waals surface area contributed by atoms with E-state index in [1.54, 1.807) is 29.3 Å². The minimum atomic E-state index is -4.67. The number of hydrazine groups is 1. The molecule has 1 aliphatic rings. The maximum atomic E-state index is 13.5. The van der Waals surface area contributed by atoms with Gasteiger partial charge in [-0.1, -0.05) is 11.6 Å². The van der Waals surface area contributed by atoms with E-state index in [9.17, 15) is 26.4 Å². The van der Waals surface area contributed by atoms with Gasteiger partial charge in [0, 0.05) is 31.0 Å². The SMILES string of the molecule is CC(=O)c1ccc(OCCC[C@@H]2CCN(N(c3ncc(C(F)(F)F)cc3Cl)S(=O)(=O)c3ccc[nH]3)C2)cc1. The number of aromatic nitrogens is 2. The first-order chi connectivity index (χ1) is 18.0. The number of aromatic amines is 1. The van der Waals surface area contributed by atoms with Crippen molar-refractivity contribution in [3.05, 3.63) is 71.0 Å². The van der Waals surface area contributed by atoms with E-state index in [0.717, 1.165) is 10.8 Å². The average Bonchev–Trinajstić information content (AvgIpc) is 3.56. The van der Waals surface area contributed by atoms with E-state index < -0.39 is 26.8 Å². The Morgan fingerprint density at radius 3 is 2.61 bits per heavy atom. The quantitative estimate of drug-likeness (QED) is 0.253. The largest absolute Gasteiger partial charge is 0.494 e. The third-order valence-electron chi connectivity index (χ3n) is 6.21. The Kier molecular flexibility index (Phi) is 8.34. The summed E-state index contributed by atoms with van der Waals surface area (Å²) in [6, 6.07) is 10.4. The van der Waals surface area contributed by atoms with Crippen LogP contribution in [0, 0.1) is 5.92 Å². The molecule has 0 amide bonds. The van der Waals surface area contributed by atoms with Crippen LogP contribution in [-0.2, 0) is 16.2 Å². The molecule has 0 aliphatic carbocycles. The van der Waals surface area contributed by atoms with Gasteiger partial charge in [0.05, 0.1) is 17.2 Å². The molecule has 0 saturated carbocycles. The molecule has 0 spiro atoms. The molecular weight excluding hydrogens is 545 g/mol. The summed E-state index contributed by atoms with van der Waals surface area (Å²) < 4.78 is 73.1. The smallest absolute Gasteiger partial charge is 0.417 e. The second-order valence-electron chi connectivity index (χ2n) is 8.95. The summed E-state index contributed by atoms with van der Waals surface area (Å²) in [5.74, 6) is 0.442. The molecule has 1 aromatic carbocycles. The first-order valence-corrected chi connectivity index (χ1v) is 13.7. The highest BCUT2D eigenvalue weighted by molar-refractivity contribution is 7.92. The van der Waals surface area contributed by atoms with Crippen molar-refractivity contribution >= 4 is 33.2 Å². The number of ketones is 1. The van der Waals surface area contributed by atoms with E-state index >= 15 is 0 Å². The number of rotatable bonds is 10. The van der Waals surface area contributed by atoms with Crippen LogP contribution in [0.5, 0.6) is 5.75 Å². The summed E-state index contributed by atoms with van der Waals surface area (Å²) in [6.45, 7) is 2.61. The lowest BCUT2D eigenvalue weighted by molar-refractivity contribution is -0.137. The number of hydrogen-bond acceptors (Lipinski definition) is 6. The highest BCUT2D eigenvalue weighted by Gasteiger charge is 2.39. The van der Waals surface area contributed by atoms with Crippen LogP contribution in [0.25, 0.3) is 0 Å². The lowest BCUT2D eigenvalue weighted by Gasteiger charge is -2.32. The number of H-pyrrole nitrogens is 1. The van der Waals surface area contributed by atoms with Crippen LogP contribution in [0.15, 0.2) is 59.9 Å². The van der Waals surface area contributed by atoms with Gasteiger partial charge < -0.3 is 9.72 Å². The number of carbonyl (C=O) groups is 1. The van der Waals surface area contributed by atoms with Gasteiger partial charge in [-0.2, -0.15) is 26.0 Å². The van der Waals surface area contributed by atoms with Gasteiger partial charge in [-0.3, -0.25) is 4.79 Å². The first-order valence-electron chi connectivity index (χ1n) is 11.9. The summed E-state index contributed by atoms with van der Waals surface area (Å²) >= 11 is 6.16. The zero-order valence-electron chi connectivity index (χ0n) is 20.4. The molecule has 0 bridgehead atoms. The predicted molar refractivity (Wildman–Crippen MR) is 136 cm³/mol. The Hall–Kier alpha value is -3.09. The molecular formula is C25H26ClF3N4O4S. The van der Waals surface area contributed by atoms with Gasteiger partial charge in [0.15, 0.2) is 16.6 Å². The highest BCUT2D eigenvalue weighted by atomic mass is 35.5. The fourth-order valence-electron chi connectivity index (χ4n) is 4.25. The molecule has 3 heterocycles. The molecule has 13 heteroatoms. The van der Waals surface area contributed by atoms with Gasteiger partial charge in [0.2, 0.25) is 0 Å². The van der Waals surface area contributed by atoms with Crippen molar-refractivity contribution in [1.82, 2.24) is 15.0 Å². The number of nitrogens with one attached hydrogen (secondary N) is 1. The summed E-state index contributed by atoms with van der Waals surface area (Å²) in [5.41, 5.74) is -0.469. The van der Waals surface area contributed by atoms with Crippen molar-refractivity contribution in [1.29, 1.82) is 0 Å². The van der Waals surface area contributed by atoms with Crippen LogP contribution in [0.1, 0.15) is 42.1 Å². The number of ether oxygens (including phenoxy) is 1. The second-order valence-corrected chi connectivity index (χ2v) is 11.1. The van der Waals surface area contributed by atoms with E-state index in [2.05, 4.69) is 9.97 Å². The summed E-state index contributed by atoms with van der Waals surface area (Å²) in [7, 11) is -4.23. The van der Waals surface area contributed by atoms with Gasteiger partial charge in [-0.25, -0.2) is 9.99 Å². The number of halogens is 4. The molecule has 38 heavy (non-hydrogen) atoms. The summed E-state index contributed by atoms with van der Waals surface area (Å²) in [5, 5.41) is 0.981.